The van der Waals surface area contributed by atoms with Crippen LogP contribution >= 0.6 is 0 Å². The molecule has 0 spiro atoms. The van der Waals surface area contributed by atoms with E-state index in [0.717, 1.165) is 13.1 Å². The van der Waals surface area contributed by atoms with Gasteiger partial charge in [0.25, 0.3) is 5.91 Å². The lowest BCUT2D eigenvalue weighted by Gasteiger charge is -2.30. The van der Waals surface area contributed by atoms with E-state index in [1.54, 1.807) is 37.1 Å². The lowest BCUT2D eigenvalue weighted by atomic mass is 10.0. The van der Waals surface area contributed by atoms with Crippen LogP contribution < -0.4 is 9.64 Å². The number of amides is 1. The van der Waals surface area contributed by atoms with Crippen molar-refractivity contribution in [1.82, 2.24) is 4.90 Å². The summed E-state index contributed by atoms with van der Waals surface area (Å²) in [6.07, 6.45) is -0.551. The van der Waals surface area contributed by atoms with E-state index in [2.05, 4.69) is 11.5 Å². The summed E-state index contributed by atoms with van der Waals surface area (Å²) in [5.41, 5.74) is 1.75. The van der Waals surface area contributed by atoms with E-state index in [-0.39, 0.29) is 11.7 Å². The molecule has 0 N–H and O–H groups in total. The number of ketones is 1. The molecule has 6 heteroatoms. The smallest absolute Gasteiger partial charge is 0.267 e. The zero-order chi connectivity index (χ0) is 17.3. The second kappa shape index (κ2) is 6.75. The third-order valence-electron chi connectivity index (χ3n) is 4.40. The van der Waals surface area contributed by atoms with Gasteiger partial charge in [-0.3, -0.25) is 14.5 Å². The predicted molar refractivity (Wildman–Crippen MR) is 90.7 cm³/mol. The molecule has 0 aromatic heterocycles. The summed E-state index contributed by atoms with van der Waals surface area (Å²) in [5, 5.41) is 0. The molecule has 2 heterocycles. The van der Waals surface area contributed by atoms with Crippen LogP contribution in [0.15, 0.2) is 30.4 Å². The van der Waals surface area contributed by atoms with Gasteiger partial charge in [-0.1, -0.05) is 6.58 Å². The van der Waals surface area contributed by atoms with E-state index in [9.17, 15) is 9.59 Å². The first kappa shape index (κ1) is 16.7. The van der Waals surface area contributed by atoms with Crippen LogP contribution in [0.25, 0.3) is 0 Å². The van der Waals surface area contributed by atoms with Gasteiger partial charge in [0, 0.05) is 37.8 Å². The highest BCUT2D eigenvalue weighted by Crippen LogP contribution is 2.34. The molecule has 0 bridgehead atoms. The van der Waals surface area contributed by atoms with Gasteiger partial charge in [-0.05, 0) is 25.1 Å². The molecular weight excluding hydrogens is 308 g/mol. The van der Waals surface area contributed by atoms with Crippen molar-refractivity contribution in [3.63, 3.8) is 0 Å². The quantitative estimate of drug-likeness (QED) is 0.618. The third-order valence-corrected chi connectivity index (χ3v) is 4.40. The van der Waals surface area contributed by atoms with Crippen molar-refractivity contribution in [3.8, 4) is 5.75 Å². The number of carbonyl (C=O) groups is 2. The number of anilines is 1. The van der Waals surface area contributed by atoms with Crippen LogP contribution in [0.1, 0.15) is 17.3 Å². The Balaban J connectivity index is 1.75. The fourth-order valence-electron chi connectivity index (χ4n) is 2.96. The molecule has 1 atom stereocenters. The molecule has 0 aliphatic carbocycles. The number of likely N-dealkylation sites (N-methyl/N-ethyl adjacent to an activating group) is 1. The maximum absolute atomic E-state index is 12.6. The molecule has 0 radical (unpaired) electrons. The normalized spacial score (nSPS) is 21.2. The number of carbonyl (C=O) groups excluding carboxylic acids is 2. The van der Waals surface area contributed by atoms with Crippen LogP contribution in [-0.2, 0) is 9.53 Å². The summed E-state index contributed by atoms with van der Waals surface area (Å²) in [7, 11) is 1.71. The van der Waals surface area contributed by atoms with Gasteiger partial charge >= 0.3 is 0 Å². The van der Waals surface area contributed by atoms with E-state index < -0.39 is 6.10 Å². The average molecular weight is 330 g/mol. The van der Waals surface area contributed by atoms with Crippen LogP contribution in [0.5, 0.6) is 5.75 Å². The summed E-state index contributed by atoms with van der Waals surface area (Å²) < 4.78 is 10.9. The van der Waals surface area contributed by atoms with Gasteiger partial charge in [-0.2, -0.15) is 0 Å². The van der Waals surface area contributed by atoms with Crippen LogP contribution in [-0.4, -0.2) is 62.6 Å². The minimum Gasteiger partial charge on any atom is -0.479 e. The molecule has 2 aliphatic heterocycles. The number of ether oxygens (including phenoxy) is 2. The highest BCUT2D eigenvalue weighted by Gasteiger charge is 2.29. The van der Waals surface area contributed by atoms with Gasteiger partial charge in [0.1, 0.15) is 5.75 Å². The summed E-state index contributed by atoms with van der Waals surface area (Å²) in [4.78, 5) is 28.3. The first-order chi connectivity index (χ1) is 11.5. The van der Waals surface area contributed by atoms with Crippen molar-refractivity contribution in [2.45, 2.75) is 13.0 Å². The molecule has 1 saturated heterocycles. The minimum atomic E-state index is -0.551. The molecule has 1 amide bonds. The highest BCUT2D eigenvalue weighted by molar-refractivity contribution is 6.09. The van der Waals surface area contributed by atoms with Crippen molar-refractivity contribution in [2.24, 2.45) is 0 Å². The first-order valence-corrected chi connectivity index (χ1v) is 8.08. The number of fused-ring (bicyclic) bond motifs is 1. The van der Waals surface area contributed by atoms with Crippen LogP contribution in [0.3, 0.4) is 0 Å². The Morgan fingerprint density at radius 1 is 1.33 bits per heavy atom. The van der Waals surface area contributed by atoms with Crippen molar-refractivity contribution in [1.29, 1.82) is 0 Å². The first-order valence-electron chi connectivity index (χ1n) is 8.08. The van der Waals surface area contributed by atoms with E-state index in [4.69, 9.17) is 9.47 Å². The number of nitrogens with zero attached hydrogens (tertiary/aromatic N) is 2. The Kier molecular flexibility index (Phi) is 4.69. The van der Waals surface area contributed by atoms with Gasteiger partial charge < -0.3 is 14.4 Å². The number of benzene rings is 1. The van der Waals surface area contributed by atoms with Gasteiger partial charge in [0.2, 0.25) is 0 Å². The molecule has 1 fully saturated rings. The lowest BCUT2D eigenvalue weighted by molar-refractivity contribution is -0.125. The standard InChI is InChI=1S/C18H22N2O4/c1-12(11-20-6-8-23-9-7-20)17(21)14-4-5-15-16(10-14)24-13(2)18(22)19(15)3/h4-5,10,13H,1,6-9,11H2,2-3H3. The molecule has 2 aliphatic rings. The number of hydrogen-bond acceptors (Lipinski definition) is 5. The average Bonchev–Trinajstić information content (AvgIpc) is 2.59. The summed E-state index contributed by atoms with van der Waals surface area (Å²) >= 11 is 0. The zero-order valence-corrected chi connectivity index (χ0v) is 14.1. The fourth-order valence-corrected chi connectivity index (χ4v) is 2.96. The van der Waals surface area contributed by atoms with E-state index >= 15 is 0 Å². The second-order valence-electron chi connectivity index (χ2n) is 6.16. The molecule has 1 aromatic carbocycles. The number of Topliss-reactive ketones (excluding diaryl/α,β-unsaturated/α-hetero) is 1. The molecule has 6 nitrogen and oxygen atoms in total. The maximum Gasteiger partial charge on any atom is 0.267 e. The van der Waals surface area contributed by atoms with Crippen LogP contribution in [0.4, 0.5) is 5.69 Å². The number of rotatable bonds is 4. The Morgan fingerprint density at radius 3 is 2.75 bits per heavy atom. The Bertz CT molecular complexity index is 680. The molecule has 3 rings (SSSR count). The Hall–Kier alpha value is -2.18. The highest BCUT2D eigenvalue weighted by atomic mass is 16.5. The summed E-state index contributed by atoms with van der Waals surface area (Å²) in [5.74, 6) is 0.355. The van der Waals surface area contributed by atoms with Crippen LogP contribution in [0, 0.1) is 0 Å². The predicted octanol–water partition coefficient (Wildman–Crippen LogP) is 1.50. The van der Waals surface area contributed by atoms with Crippen molar-refractivity contribution < 1.29 is 19.1 Å². The van der Waals surface area contributed by atoms with Crippen molar-refractivity contribution in [2.75, 3.05) is 44.8 Å². The number of morpholine rings is 1. The van der Waals surface area contributed by atoms with Gasteiger partial charge in [-0.25, -0.2) is 0 Å². The van der Waals surface area contributed by atoms with E-state index in [1.807, 2.05) is 0 Å². The molecule has 24 heavy (non-hydrogen) atoms. The monoisotopic (exact) mass is 330 g/mol. The van der Waals surface area contributed by atoms with Crippen molar-refractivity contribution >= 4 is 17.4 Å². The SMILES string of the molecule is C=C(CN1CCOCC1)C(=O)c1ccc2c(c1)OC(C)C(=O)N2C. The molecule has 0 saturated carbocycles. The third kappa shape index (κ3) is 3.20. The van der Waals surface area contributed by atoms with Crippen molar-refractivity contribution in [3.05, 3.63) is 35.9 Å². The summed E-state index contributed by atoms with van der Waals surface area (Å²) in [6, 6.07) is 5.16. The maximum atomic E-state index is 12.6. The van der Waals surface area contributed by atoms with E-state index in [0.29, 0.717) is 42.3 Å². The molecule has 1 unspecified atom stereocenters. The molecular formula is C18H22N2O4. The topological polar surface area (TPSA) is 59.1 Å². The van der Waals surface area contributed by atoms with Gasteiger partial charge in [-0.15, -0.1) is 0 Å². The summed E-state index contributed by atoms with van der Waals surface area (Å²) in [6.45, 7) is 9.17. The van der Waals surface area contributed by atoms with E-state index in [1.165, 1.54) is 0 Å². The zero-order valence-electron chi connectivity index (χ0n) is 14.1. The second-order valence-corrected chi connectivity index (χ2v) is 6.16. The minimum absolute atomic E-state index is 0.0971. The van der Waals surface area contributed by atoms with Gasteiger partial charge in [0.05, 0.1) is 18.9 Å². The molecule has 128 valence electrons. The number of hydrogen-bond donors (Lipinski definition) is 0. The largest absolute Gasteiger partial charge is 0.479 e. The van der Waals surface area contributed by atoms with Gasteiger partial charge in [0.15, 0.2) is 11.9 Å². The Morgan fingerprint density at radius 2 is 2.04 bits per heavy atom. The molecule has 1 aromatic rings. The lowest BCUT2D eigenvalue weighted by Crippen LogP contribution is -2.42. The fraction of sp³-hybridized carbons (Fsp3) is 0.444. The van der Waals surface area contributed by atoms with Crippen LogP contribution in [0.2, 0.25) is 0 Å². The Labute approximate surface area is 141 Å².